The fourth-order valence-electron chi connectivity index (χ4n) is 0.899. The van der Waals surface area contributed by atoms with Crippen LogP contribution in [0.25, 0.3) is 0 Å². The third kappa shape index (κ3) is 2.91. The number of sulfonamides is 1. The fraction of sp³-hybridized carbons (Fsp3) is 0.143. The number of halogens is 1. The molecule has 5 nitrogen and oxygen atoms in total. The average Bonchev–Trinajstić information content (AvgIpc) is 2.17. The summed E-state index contributed by atoms with van der Waals surface area (Å²) in [6.45, 7) is 0. The normalized spacial score (nSPS) is 12.7. The van der Waals surface area contributed by atoms with Gasteiger partial charge in [-0.3, -0.25) is 0 Å². The largest absolute Gasteiger partial charge is 0.261 e. The van der Waals surface area contributed by atoms with Gasteiger partial charge in [-0.1, -0.05) is 0 Å². The Labute approximate surface area is 92.5 Å². The molecule has 0 saturated carbocycles. The molecule has 0 aliphatic heterocycles. The van der Waals surface area contributed by atoms with Crippen molar-refractivity contribution in [3.05, 3.63) is 24.3 Å². The summed E-state index contributed by atoms with van der Waals surface area (Å²) < 4.78 is 46.4. The van der Waals surface area contributed by atoms with Gasteiger partial charge in [0.1, 0.15) is 0 Å². The van der Waals surface area contributed by atoms with E-state index in [1.807, 2.05) is 0 Å². The third-order valence-corrected chi connectivity index (χ3v) is 4.48. The second-order valence-electron chi connectivity index (χ2n) is 2.62. The van der Waals surface area contributed by atoms with E-state index in [1.54, 1.807) is 0 Å². The van der Waals surface area contributed by atoms with Gasteiger partial charge in [0, 0.05) is 10.7 Å². The number of hydrogen-bond acceptors (Lipinski definition) is 4. The van der Waals surface area contributed by atoms with Crippen molar-refractivity contribution in [3.8, 4) is 0 Å². The van der Waals surface area contributed by atoms with Gasteiger partial charge in [0.15, 0.2) is 0 Å². The quantitative estimate of drug-likeness (QED) is 0.812. The molecular weight excluding hydrogens is 262 g/mol. The second kappa shape index (κ2) is 4.09. The molecule has 0 aliphatic carbocycles. The minimum atomic E-state index is -3.81. The lowest BCUT2D eigenvalue weighted by Crippen LogP contribution is -2.18. The van der Waals surface area contributed by atoms with Crippen LogP contribution < -0.4 is 4.72 Å². The van der Waals surface area contributed by atoms with Crippen LogP contribution in [0, 0.1) is 0 Å². The third-order valence-electron chi connectivity index (χ3n) is 1.68. The highest BCUT2D eigenvalue weighted by Gasteiger charge is 2.14. The van der Waals surface area contributed by atoms with Crippen LogP contribution in [0.5, 0.6) is 0 Å². The Hall–Kier alpha value is -0.630. The van der Waals surface area contributed by atoms with Crippen molar-refractivity contribution in [3.63, 3.8) is 0 Å². The molecule has 0 saturated heterocycles. The monoisotopic (exact) mass is 269 g/mol. The molecule has 84 valence electrons. The van der Waals surface area contributed by atoms with Crippen molar-refractivity contribution in [1.82, 2.24) is 4.72 Å². The lowest BCUT2D eigenvalue weighted by molar-refractivity contribution is 0.587. The minimum absolute atomic E-state index is 0.0194. The molecule has 1 N–H and O–H groups in total. The van der Waals surface area contributed by atoms with Crippen LogP contribution in [0.1, 0.15) is 0 Å². The highest BCUT2D eigenvalue weighted by molar-refractivity contribution is 8.13. The van der Waals surface area contributed by atoms with Crippen molar-refractivity contribution in [2.24, 2.45) is 0 Å². The highest BCUT2D eigenvalue weighted by atomic mass is 35.7. The predicted octanol–water partition coefficient (Wildman–Crippen LogP) is 0.522. The smallest absolute Gasteiger partial charge is 0.214 e. The van der Waals surface area contributed by atoms with E-state index in [9.17, 15) is 16.8 Å². The lowest BCUT2D eigenvalue weighted by atomic mass is 10.4. The maximum atomic E-state index is 11.3. The Kier molecular flexibility index (Phi) is 3.39. The van der Waals surface area contributed by atoms with Crippen LogP contribution >= 0.6 is 10.7 Å². The zero-order chi connectivity index (χ0) is 11.7. The summed E-state index contributed by atoms with van der Waals surface area (Å²) in [5.41, 5.74) is 0. The summed E-state index contributed by atoms with van der Waals surface area (Å²) in [5, 5.41) is 0. The van der Waals surface area contributed by atoms with Gasteiger partial charge in [0.05, 0.1) is 9.79 Å². The van der Waals surface area contributed by atoms with Gasteiger partial charge in [-0.2, -0.15) is 0 Å². The fourth-order valence-corrected chi connectivity index (χ4v) is 2.40. The van der Waals surface area contributed by atoms with E-state index in [-0.39, 0.29) is 9.79 Å². The SMILES string of the molecule is CNS(=O)(=O)c1ccc(S(=O)(=O)Cl)cc1. The number of rotatable bonds is 3. The standard InChI is InChI=1S/C7H8ClNO4S2/c1-9-15(12,13)7-4-2-6(3-5-7)14(8,10)11/h2-5,9H,1H3. The molecule has 0 bridgehead atoms. The molecule has 0 unspecified atom stereocenters. The van der Waals surface area contributed by atoms with E-state index >= 15 is 0 Å². The first-order chi connectivity index (χ1) is 6.77. The highest BCUT2D eigenvalue weighted by Crippen LogP contribution is 2.17. The molecule has 8 heteroatoms. The van der Waals surface area contributed by atoms with Gasteiger partial charge < -0.3 is 0 Å². The first-order valence-corrected chi connectivity index (χ1v) is 7.55. The average molecular weight is 270 g/mol. The van der Waals surface area contributed by atoms with Crippen LogP contribution in [0.15, 0.2) is 34.1 Å². The van der Waals surface area contributed by atoms with Crippen molar-refractivity contribution >= 4 is 29.8 Å². The summed E-state index contributed by atoms with van der Waals surface area (Å²) in [4.78, 5) is -0.159. The molecule has 0 radical (unpaired) electrons. The Morgan fingerprint density at radius 3 is 1.73 bits per heavy atom. The van der Waals surface area contributed by atoms with Crippen LogP contribution in [-0.4, -0.2) is 23.9 Å². The molecule has 0 heterocycles. The Balaban J connectivity index is 3.24. The maximum Gasteiger partial charge on any atom is 0.261 e. The molecule has 0 spiro atoms. The van der Waals surface area contributed by atoms with Gasteiger partial charge >= 0.3 is 0 Å². The first-order valence-electron chi connectivity index (χ1n) is 3.75. The molecule has 0 amide bonds. The van der Waals surface area contributed by atoms with Gasteiger partial charge in [-0.15, -0.1) is 0 Å². The summed E-state index contributed by atoms with van der Waals surface area (Å²) in [7, 11) is -1.03. The van der Waals surface area contributed by atoms with Gasteiger partial charge in [0.25, 0.3) is 9.05 Å². The molecule has 0 fully saturated rings. The Morgan fingerprint density at radius 1 is 1.00 bits per heavy atom. The molecule has 0 aliphatic rings. The van der Waals surface area contributed by atoms with E-state index in [0.29, 0.717) is 0 Å². The van der Waals surface area contributed by atoms with Crippen molar-refractivity contribution < 1.29 is 16.8 Å². The topological polar surface area (TPSA) is 80.3 Å². The molecule has 1 aromatic rings. The van der Waals surface area contributed by atoms with Gasteiger partial charge in [0.2, 0.25) is 10.0 Å². The van der Waals surface area contributed by atoms with E-state index < -0.39 is 19.1 Å². The zero-order valence-corrected chi connectivity index (χ0v) is 10.0. The zero-order valence-electron chi connectivity index (χ0n) is 7.64. The molecule has 15 heavy (non-hydrogen) atoms. The van der Waals surface area contributed by atoms with Crippen molar-refractivity contribution in [2.75, 3.05) is 7.05 Å². The lowest BCUT2D eigenvalue weighted by Gasteiger charge is -2.02. The van der Waals surface area contributed by atoms with E-state index in [1.165, 1.54) is 19.2 Å². The van der Waals surface area contributed by atoms with E-state index in [0.717, 1.165) is 12.1 Å². The maximum absolute atomic E-state index is 11.3. The number of nitrogens with one attached hydrogen (secondary N) is 1. The Morgan fingerprint density at radius 2 is 1.40 bits per heavy atom. The van der Waals surface area contributed by atoms with Crippen LogP contribution in [-0.2, 0) is 19.1 Å². The molecule has 0 aromatic heterocycles. The molecule has 1 aromatic carbocycles. The molecule has 1 rings (SSSR count). The van der Waals surface area contributed by atoms with E-state index in [4.69, 9.17) is 10.7 Å². The van der Waals surface area contributed by atoms with Gasteiger partial charge in [-0.05, 0) is 31.3 Å². The predicted molar refractivity (Wildman–Crippen MR) is 55.7 cm³/mol. The first kappa shape index (κ1) is 12.4. The van der Waals surface area contributed by atoms with Gasteiger partial charge in [-0.25, -0.2) is 21.6 Å². The molecule has 0 atom stereocenters. The minimum Gasteiger partial charge on any atom is -0.214 e. The van der Waals surface area contributed by atoms with E-state index in [2.05, 4.69) is 4.72 Å². The summed E-state index contributed by atoms with van der Waals surface area (Å²) in [5.74, 6) is 0. The van der Waals surface area contributed by atoms with Crippen molar-refractivity contribution in [2.45, 2.75) is 9.79 Å². The van der Waals surface area contributed by atoms with Crippen LogP contribution in [0.4, 0.5) is 0 Å². The number of benzene rings is 1. The molecular formula is C7H8ClNO4S2. The van der Waals surface area contributed by atoms with Crippen LogP contribution in [0.3, 0.4) is 0 Å². The van der Waals surface area contributed by atoms with Crippen molar-refractivity contribution in [1.29, 1.82) is 0 Å². The van der Waals surface area contributed by atoms with Crippen LogP contribution in [0.2, 0.25) is 0 Å². The summed E-state index contributed by atoms with van der Waals surface area (Å²) in [6, 6.07) is 4.60. The number of hydrogen-bond donors (Lipinski definition) is 1. The summed E-state index contributed by atoms with van der Waals surface area (Å²) >= 11 is 0. The Bertz CT molecular complexity index is 547. The summed E-state index contributed by atoms with van der Waals surface area (Å²) in [6.07, 6.45) is 0. The second-order valence-corrected chi connectivity index (χ2v) is 7.07.